The largest absolute Gasteiger partial charge is 0.484 e. The van der Waals surface area contributed by atoms with Crippen LogP contribution in [0.5, 0.6) is 5.75 Å². The molecule has 0 fully saturated rings. The van der Waals surface area contributed by atoms with E-state index >= 15 is 0 Å². The predicted molar refractivity (Wildman–Crippen MR) is 84.5 cm³/mol. The van der Waals surface area contributed by atoms with Crippen molar-refractivity contribution in [3.05, 3.63) is 29.8 Å². The highest BCUT2D eigenvalue weighted by Gasteiger charge is 2.15. The van der Waals surface area contributed by atoms with Crippen molar-refractivity contribution in [3.63, 3.8) is 0 Å². The van der Waals surface area contributed by atoms with Gasteiger partial charge < -0.3 is 15.2 Å². The minimum atomic E-state index is -0.155. The summed E-state index contributed by atoms with van der Waals surface area (Å²) < 4.78 is 5.54. The Hall–Kier alpha value is -1.55. The Kier molecular flexibility index (Phi) is 7.23. The van der Waals surface area contributed by atoms with Crippen molar-refractivity contribution in [1.29, 1.82) is 0 Å². The quantitative estimate of drug-likeness (QED) is 0.775. The Balaban J connectivity index is 2.50. The Morgan fingerprint density at radius 2 is 2.00 bits per heavy atom. The molecular formula is C17H27NO3. The highest BCUT2D eigenvalue weighted by Crippen LogP contribution is 2.20. The number of aliphatic hydroxyl groups excluding tert-OH is 1. The summed E-state index contributed by atoms with van der Waals surface area (Å²) in [6.45, 7) is 8.35. The van der Waals surface area contributed by atoms with E-state index in [2.05, 4.69) is 19.2 Å². The molecule has 0 aliphatic rings. The van der Waals surface area contributed by atoms with Crippen LogP contribution in [0.1, 0.15) is 45.6 Å². The number of carbonyl (C=O) groups is 1. The minimum absolute atomic E-state index is 0.00377. The number of aliphatic hydroxyl groups is 1. The first kappa shape index (κ1) is 17.5. The molecule has 0 saturated carbocycles. The zero-order chi connectivity index (χ0) is 15.8. The van der Waals surface area contributed by atoms with Crippen LogP contribution in [-0.4, -0.2) is 30.3 Å². The molecule has 1 unspecified atom stereocenters. The van der Waals surface area contributed by atoms with Gasteiger partial charge in [0.25, 0.3) is 5.91 Å². The van der Waals surface area contributed by atoms with Crippen LogP contribution in [0, 0.1) is 5.92 Å². The first-order valence-electron chi connectivity index (χ1n) is 7.57. The number of benzene rings is 1. The van der Waals surface area contributed by atoms with E-state index < -0.39 is 0 Å². The standard InChI is InChI=1S/C17H27NO3/c1-12(2)14-6-5-7-15(10-14)21-11-17(20)18-16(8-9-19)13(3)4/h5-7,10,12-13,16,19H,8-9,11H2,1-4H3,(H,18,20). The van der Waals surface area contributed by atoms with E-state index in [0.29, 0.717) is 18.1 Å². The van der Waals surface area contributed by atoms with E-state index in [1.807, 2.05) is 38.1 Å². The van der Waals surface area contributed by atoms with Crippen molar-refractivity contribution < 1.29 is 14.6 Å². The first-order chi connectivity index (χ1) is 9.93. The topological polar surface area (TPSA) is 58.6 Å². The van der Waals surface area contributed by atoms with Crippen molar-refractivity contribution in [2.45, 2.75) is 46.1 Å². The molecule has 2 N–H and O–H groups in total. The van der Waals surface area contributed by atoms with Gasteiger partial charge >= 0.3 is 0 Å². The number of carbonyl (C=O) groups excluding carboxylic acids is 1. The molecule has 0 spiro atoms. The molecule has 0 aliphatic carbocycles. The van der Waals surface area contributed by atoms with Gasteiger partial charge in [0.1, 0.15) is 5.75 Å². The molecule has 0 saturated heterocycles. The maximum atomic E-state index is 11.9. The van der Waals surface area contributed by atoms with Gasteiger partial charge in [-0.1, -0.05) is 39.8 Å². The summed E-state index contributed by atoms with van der Waals surface area (Å²) in [7, 11) is 0. The van der Waals surface area contributed by atoms with E-state index in [0.717, 1.165) is 0 Å². The fourth-order valence-corrected chi connectivity index (χ4v) is 2.07. The number of hydrogen-bond donors (Lipinski definition) is 2. The average Bonchev–Trinajstić information content (AvgIpc) is 2.45. The molecule has 21 heavy (non-hydrogen) atoms. The van der Waals surface area contributed by atoms with Crippen LogP contribution in [0.2, 0.25) is 0 Å². The Morgan fingerprint density at radius 3 is 2.57 bits per heavy atom. The lowest BCUT2D eigenvalue weighted by atomic mass is 10.0. The Labute approximate surface area is 127 Å². The van der Waals surface area contributed by atoms with Crippen LogP contribution in [-0.2, 0) is 4.79 Å². The molecule has 0 aliphatic heterocycles. The zero-order valence-electron chi connectivity index (χ0n) is 13.4. The molecule has 1 amide bonds. The third-order valence-electron chi connectivity index (χ3n) is 3.49. The molecule has 0 heterocycles. The van der Waals surface area contributed by atoms with Gasteiger partial charge in [-0.3, -0.25) is 4.79 Å². The van der Waals surface area contributed by atoms with Gasteiger partial charge in [-0.2, -0.15) is 0 Å². The fourth-order valence-electron chi connectivity index (χ4n) is 2.07. The molecule has 1 aromatic rings. The lowest BCUT2D eigenvalue weighted by Gasteiger charge is -2.21. The van der Waals surface area contributed by atoms with E-state index in [-0.39, 0.29) is 31.1 Å². The second kappa shape index (κ2) is 8.67. The highest BCUT2D eigenvalue weighted by atomic mass is 16.5. The normalized spacial score (nSPS) is 12.5. The second-order valence-electron chi connectivity index (χ2n) is 5.95. The molecule has 118 valence electrons. The average molecular weight is 293 g/mol. The van der Waals surface area contributed by atoms with Crippen molar-refractivity contribution in [1.82, 2.24) is 5.32 Å². The predicted octanol–water partition coefficient (Wildman–Crippen LogP) is 2.71. The fraction of sp³-hybridized carbons (Fsp3) is 0.588. The third-order valence-corrected chi connectivity index (χ3v) is 3.49. The smallest absolute Gasteiger partial charge is 0.258 e. The van der Waals surface area contributed by atoms with Crippen LogP contribution in [0.25, 0.3) is 0 Å². The van der Waals surface area contributed by atoms with Crippen molar-refractivity contribution in [2.24, 2.45) is 5.92 Å². The highest BCUT2D eigenvalue weighted by molar-refractivity contribution is 5.77. The summed E-state index contributed by atoms with van der Waals surface area (Å²) in [5.74, 6) is 1.26. The first-order valence-corrected chi connectivity index (χ1v) is 7.57. The van der Waals surface area contributed by atoms with E-state index in [1.54, 1.807) is 0 Å². The van der Waals surface area contributed by atoms with Crippen LogP contribution >= 0.6 is 0 Å². The summed E-state index contributed by atoms with van der Waals surface area (Å²) in [4.78, 5) is 11.9. The summed E-state index contributed by atoms with van der Waals surface area (Å²) in [5.41, 5.74) is 1.19. The van der Waals surface area contributed by atoms with E-state index in [1.165, 1.54) is 5.56 Å². The summed E-state index contributed by atoms with van der Waals surface area (Å²) in [6.07, 6.45) is 0.562. The van der Waals surface area contributed by atoms with Gasteiger partial charge in [0.15, 0.2) is 6.61 Å². The molecule has 1 rings (SSSR count). The Bertz CT molecular complexity index is 443. The van der Waals surface area contributed by atoms with Gasteiger partial charge in [-0.25, -0.2) is 0 Å². The number of amides is 1. The monoisotopic (exact) mass is 293 g/mol. The van der Waals surface area contributed by atoms with E-state index in [9.17, 15) is 4.79 Å². The molecule has 4 nitrogen and oxygen atoms in total. The van der Waals surface area contributed by atoms with Crippen molar-refractivity contribution >= 4 is 5.91 Å². The van der Waals surface area contributed by atoms with Gasteiger partial charge in [0, 0.05) is 12.6 Å². The van der Waals surface area contributed by atoms with Gasteiger partial charge in [-0.05, 0) is 36.0 Å². The lowest BCUT2D eigenvalue weighted by molar-refractivity contribution is -0.124. The van der Waals surface area contributed by atoms with Crippen LogP contribution in [0.3, 0.4) is 0 Å². The minimum Gasteiger partial charge on any atom is -0.484 e. The number of rotatable bonds is 8. The summed E-state index contributed by atoms with van der Waals surface area (Å²) >= 11 is 0. The SMILES string of the molecule is CC(C)c1cccc(OCC(=O)NC(CCO)C(C)C)c1. The number of ether oxygens (including phenoxy) is 1. The van der Waals surface area contributed by atoms with Gasteiger partial charge in [-0.15, -0.1) is 0 Å². The van der Waals surface area contributed by atoms with E-state index in [4.69, 9.17) is 9.84 Å². The van der Waals surface area contributed by atoms with Crippen molar-refractivity contribution in [2.75, 3.05) is 13.2 Å². The maximum absolute atomic E-state index is 11.9. The number of nitrogens with one attached hydrogen (secondary N) is 1. The van der Waals surface area contributed by atoms with Gasteiger partial charge in [0.05, 0.1) is 0 Å². The molecular weight excluding hydrogens is 266 g/mol. The molecule has 1 aromatic carbocycles. The Morgan fingerprint density at radius 1 is 1.29 bits per heavy atom. The number of hydrogen-bond acceptors (Lipinski definition) is 3. The van der Waals surface area contributed by atoms with Crippen molar-refractivity contribution in [3.8, 4) is 5.75 Å². The van der Waals surface area contributed by atoms with Gasteiger partial charge in [0.2, 0.25) is 0 Å². The second-order valence-corrected chi connectivity index (χ2v) is 5.95. The maximum Gasteiger partial charge on any atom is 0.258 e. The molecule has 1 atom stereocenters. The molecule has 4 heteroatoms. The summed E-state index contributed by atoms with van der Waals surface area (Å²) in [5, 5.41) is 11.9. The molecule has 0 radical (unpaired) electrons. The molecule has 0 aromatic heterocycles. The zero-order valence-corrected chi connectivity index (χ0v) is 13.4. The third kappa shape index (κ3) is 6.17. The molecule has 0 bridgehead atoms. The van der Waals surface area contributed by atoms with Crippen LogP contribution in [0.15, 0.2) is 24.3 Å². The van der Waals surface area contributed by atoms with Crippen LogP contribution in [0.4, 0.5) is 0 Å². The summed E-state index contributed by atoms with van der Waals surface area (Å²) in [6, 6.07) is 7.78. The lowest BCUT2D eigenvalue weighted by Crippen LogP contribution is -2.41. The van der Waals surface area contributed by atoms with Crippen LogP contribution < -0.4 is 10.1 Å².